The minimum absolute atomic E-state index is 0.0443. The number of methoxy groups -OCH3 is 2. The molecule has 0 radical (unpaired) electrons. The number of halogens is 1. The lowest BCUT2D eigenvalue weighted by atomic mass is 9.85. The highest BCUT2D eigenvalue weighted by molar-refractivity contribution is 14.1. The van der Waals surface area contributed by atoms with Gasteiger partial charge in [0.05, 0.1) is 23.5 Å². The number of rotatable bonds is 3. The number of benzene rings is 1. The molecule has 0 aliphatic rings. The zero-order chi connectivity index (χ0) is 15.8. The van der Waals surface area contributed by atoms with Crippen molar-refractivity contribution in [2.45, 2.75) is 26.2 Å². The summed E-state index contributed by atoms with van der Waals surface area (Å²) in [5.41, 5.74) is 8.59. The third-order valence-corrected chi connectivity index (χ3v) is 4.42. The Balaban J connectivity index is 2.70. The minimum atomic E-state index is -0.0443. The van der Waals surface area contributed by atoms with Crippen LogP contribution in [-0.2, 0) is 5.41 Å². The highest BCUT2D eigenvalue weighted by Crippen LogP contribution is 2.41. The molecule has 0 spiro atoms. The molecule has 0 amide bonds. The van der Waals surface area contributed by atoms with E-state index in [0.717, 1.165) is 31.9 Å². The summed E-state index contributed by atoms with van der Waals surface area (Å²) in [4.78, 5) is 0. The summed E-state index contributed by atoms with van der Waals surface area (Å²) >= 11 is 2.17. The molecule has 6 heteroatoms. The topological polar surface area (TPSA) is 73.2 Å². The van der Waals surface area contributed by atoms with Crippen LogP contribution in [-0.4, -0.2) is 24.4 Å². The number of nitrogens with two attached hydrogens (primary N) is 1. The largest absolute Gasteiger partial charge is 0.496 e. The lowest BCUT2D eigenvalue weighted by Gasteiger charge is -2.24. The average molecular weight is 401 g/mol. The molecule has 0 saturated carbocycles. The van der Waals surface area contributed by atoms with Crippen LogP contribution in [0.15, 0.2) is 12.1 Å². The summed E-state index contributed by atoms with van der Waals surface area (Å²) in [7, 11) is 3.33. The highest BCUT2D eigenvalue weighted by Gasteiger charge is 2.24. The Labute approximate surface area is 138 Å². The summed E-state index contributed by atoms with van der Waals surface area (Å²) < 4.78 is 12.0. The van der Waals surface area contributed by atoms with Crippen LogP contribution in [0.25, 0.3) is 11.3 Å². The van der Waals surface area contributed by atoms with Crippen LogP contribution in [0.3, 0.4) is 0 Å². The lowest BCUT2D eigenvalue weighted by molar-refractivity contribution is 0.389. The molecule has 0 aliphatic carbocycles. The lowest BCUT2D eigenvalue weighted by Crippen LogP contribution is -2.13. The number of anilines is 1. The Hall–Kier alpha value is -1.44. The Morgan fingerprint density at radius 1 is 1.14 bits per heavy atom. The fourth-order valence-electron chi connectivity index (χ4n) is 2.20. The minimum Gasteiger partial charge on any atom is -0.496 e. The van der Waals surface area contributed by atoms with E-state index in [1.165, 1.54) is 0 Å². The van der Waals surface area contributed by atoms with Crippen molar-refractivity contribution in [3.63, 3.8) is 0 Å². The number of nitrogens with zero attached hydrogens (tertiary/aromatic N) is 1. The van der Waals surface area contributed by atoms with E-state index in [2.05, 4.69) is 53.6 Å². The maximum atomic E-state index is 5.82. The fourth-order valence-corrected chi connectivity index (χ4v) is 2.73. The smallest absolute Gasteiger partial charge is 0.159 e. The van der Waals surface area contributed by atoms with E-state index in [1.54, 1.807) is 14.2 Å². The first-order valence-corrected chi connectivity index (χ1v) is 7.63. The van der Waals surface area contributed by atoms with Crippen molar-refractivity contribution in [2.75, 3.05) is 20.0 Å². The van der Waals surface area contributed by atoms with Gasteiger partial charge in [-0.25, -0.2) is 0 Å². The second-order valence-electron chi connectivity index (χ2n) is 5.80. The number of aromatic nitrogens is 2. The van der Waals surface area contributed by atoms with Gasteiger partial charge in [0.25, 0.3) is 0 Å². The number of ether oxygens (including phenoxy) is 2. The number of hydrogen-bond donors (Lipinski definition) is 2. The summed E-state index contributed by atoms with van der Waals surface area (Å²) in [6, 6.07) is 3.98. The van der Waals surface area contributed by atoms with E-state index >= 15 is 0 Å². The molecule has 21 heavy (non-hydrogen) atoms. The average Bonchev–Trinajstić information content (AvgIpc) is 2.76. The monoisotopic (exact) mass is 401 g/mol. The molecule has 0 atom stereocenters. The molecule has 1 aromatic carbocycles. The Morgan fingerprint density at radius 3 is 2.19 bits per heavy atom. The van der Waals surface area contributed by atoms with Crippen molar-refractivity contribution in [2.24, 2.45) is 0 Å². The zero-order valence-corrected chi connectivity index (χ0v) is 15.0. The Bertz CT molecular complexity index is 660. The van der Waals surface area contributed by atoms with Gasteiger partial charge < -0.3 is 15.2 Å². The zero-order valence-electron chi connectivity index (χ0n) is 12.9. The van der Waals surface area contributed by atoms with Crippen molar-refractivity contribution in [1.29, 1.82) is 0 Å². The van der Waals surface area contributed by atoms with Crippen molar-refractivity contribution in [3.8, 4) is 22.8 Å². The molecule has 0 aliphatic heterocycles. The molecule has 114 valence electrons. The van der Waals surface area contributed by atoms with Crippen molar-refractivity contribution >= 4 is 28.4 Å². The van der Waals surface area contributed by atoms with Crippen LogP contribution < -0.4 is 15.2 Å². The Morgan fingerprint density at radius 2 is 1.76 bits per heavy atom. The van der Waals surface area contributed by atoms with E-state index in [9.17, 15) is 0 Å². The summed E-state index contributed by atoms with van der Waals surface area (Å²) in [6.07, 6.45) is 0. The van der Waals surface area contributed by atoms with Gasteiger partial charge in [-0.15, -0.1) is 0 Å². The molecular formula is C15H20IN3O2. The number of aromatic amines is 1. The molecule has 0 bridgehead atoms. The summed E-state index contributed by atoms with van der Waals surface area (Å²) in [5.74, 6) is 2.07. The number of nitrogens with one attached hydrogen (secondary N) is 1. The quantitative estimate of drug-likeness (QED) is 0.772. The van der Waals surface area contributed by atoms with Gasteiger partial charge in [-0.05, 0) is 40.1 Å². The molecular weight excluding hydrogens is 381 g/mol. The molecule has 0 unspecified atom stereocenters. The maximum absolute atomic E-state index is 5.82. The first-order valence-electron chi connectivity index (χ1n) is 6.55. The van der Waals surface area contributed by atoms with Gasteiger partial charge in [-0.1, -0.05) is 20.8 Å². The first kappa shape index (κ1) is 15.9. The molecule has 0 fully saturated rings. The first-order chi connectivity index (χ1) is 9.79. The van der Waals surface area contributed by atoms with Crippen molar-refractivity contribution < 1.29 is 9.47 Å². The predicted octanol–water partition coefficient (Wildman–Crippen LogP) is 3.58. The van der Waals surface area contributed by atoms with Gasteiger partial charge in [0.2, 0.25) is 0 Å². The van der Waals surface area contributed by atoms with Gasteiger partial charge in [-0.3, -0.25) is 5.10 Å². The van der Waals surface area contributed by atoms with Crippen LogP contribution in [0, 0.1) is 3.57 Å². The van der Waals surface area contributed by atoms with E-state index < -0.39 is 0 Å². The van der Waals surface area contributed by atoms with Crippen LogP contribution in [0.4, 0.5) is 5.82 Å². The maximum Gasteiger partial charge on any atom is 0.159 e. The third-order valence-electron chi connectivity index (χ3n) is 3.33. The SMILES string of the molecule is COc1cc(C(C)(C)C)c(OC)cc1-c1[nH]nc(N)c1I. The van der Waals surface area contributed by atoms with Crippen molar-refractivity contribution in [1.82, 2.24) is 10.2 Å². The van der Waals surface area contributed by atoms with Crippen LogP contribution >= 0.6 is 22.6 Å². The third kappa shape index (κ3) is 2.95. The number of H-pyrrole nitrogens is 1. The second kappa shape index (κ2) is 5.75. The Kier molecular flexibility index (Phi) is 4.36. The van der Waals surface area contributed by atoms with E-state index in [4.69, 9.17) is 15.2 Å². The van der Waals surface area contributed by atoms with E-state index in [1.807, 2.05) is 12.1 Å². The van der Waals surface area contributed by atoms with E-state index in [-0.39, 0.29) is 5.41 Å². The van der Waals surface area contributed by atoms with Crippen LogP contribution in [0.5, 0.6) is 11.5 Å². The second-order valence-corrected chi connectivity index (χ2v) is 6.88. The molecule has 2 aromatic rings. The molecule has 5 nitrogen and oxygen atoms in total. The standard InChI is InChI=1S/C15H20IN3O2/c1-15(2,3)9-7-10(20-4)8(6-11(9)21-5)13-12(16)14(17)19-18-13/h6-7H,1-5H3,(H3,17,18,19). The predicted molar refractivity (Wildman–Crippen MR) is 93.0 cm³/mol. The van der Waals surface area contributed by atoms with Gasteiger partial charge in [0.1, 0.15) is 11.5 Å². The van der Waals surface area contributed by atoms with Crippen molar-refractivity contribution in [3.05, 3.63) is 21.3 Å². The molecule has 1 aromatic heterocycles. The van der Waals surface area contributed by atoms with Gasteiger partial charge in [0.15, 0.2) is 5.82 Å². The van der Waals surface area contributed by atoms with Gasteiger partial charge in [-0.2, -0.15) is 5.10 Å². The molecule has 3 N–H and O–H groups in total. The fraction of sp³-hybridized carbons (Fsp3) is 0.400. The van der Waals surface area contributed by atoms with Crippen LogP contribution in [0.2, 0.25) is 0 Å². The molecule has 2 rings (SSSR count). The van der Waals surface area contributed by atoms with Gasteiger partial charge >= 0.3 is 0 Å². The molecule has 1 heterocycles. The number of nitrogen functional groups attached to an aromatic ring is 1. The summed E-state index contributed by atoms with van der Waals surface area (Å²) in [5, 5.41) is 7.00. The van der Waals surface area contributed by atoms with E-state index in [0.29, 0.717) is 5.82 Å². The number of hydrogen-bond acceptors (Lipinski definition) is 4. The van der Waals surface area contributed by atoms with Gasteiger partial charge in [0, 0.05) is 11.1 Å². The normalized spacial score (nSPS) is 11.5. The molecule has 0 saturated heterocycles. The summed E-state index contributed by atoms with van der Waals surface area (Å²) in [6.45, 7) is 6.42. The highest BCUT2D eigenvalue weighted by atomic mass is 127. The van der Waals surface area contributed by atoms with Crippen LogP contribution in [0.1, 0.15) is 26.3 Å².